The van der Waals surface area contributed by atoms with E-state index in [4.69, 9.17) is 44.0 Å². The van der Waals surface area contributed by atoms with Gasteiger partial charge in [0.15, 0.2) is 6.61 Å². The molecule has 17 heavy (non-hydrogen) atoms. The highest BCUT2D eigenvalue weighted by Gasteiger charge is 2.06. The molecule has 4 nitrogen and oxygen atoms in total. The zero-order chi connectivity index (χ0) is 12.3. The molecule has 0 saturated carbocycles. The normalized spacial score (nSPS) is 10.5. The van der Waals surface area contributed by atoms with E-state index in [9.17, 15) is 0 Å². The molecule has 0 radical (unpaired) electrons. The molecule has 0 N–H and O–H groups in total. The molecule has 0 amide bonds. The number of hydrogen-bond acceptors (Lipinski definition) is 4. The summed E-state index contributed by atoms with van der Waals surface area (Å²) < 4.78 is 10.6. The van der Waals surface area contributed by atoms with Gasteiger partial charge in [-0.1, -0.05) is 23.2 Å². The van der Waals surface area contributed by atoms with Crippen LogP contribution in [-0.4, -0.2) is 10.2 Å². The van der Waals surface area contributed by atoms with Crippen LogP contribution in [0.2, 0.25) is 10.0 Å². The highest BCUT2D eigenvalue weighted by atomic mass is 35.5. The van der Waals surface area contributed by atoms with Crippen LogP contribution in [0.15, 0.2) is 22.6 Å². The molecule has 0 aliphatic rings. The number of halogens is 3. The molecule has 2 rings (SSSR count). The maximum Gasteiger partial charge on any atom is 0.253 e. The Kier molecular flexibility index (Phi) is 4.10. The summed E-state index contributed by atoms with van der Waals surface area (Å²) in [7, 11) is 0. The van der Waals surface area contributed by atoms with E-state index < -0.39 is 0 Å². The molecule has 1 heterocycles. The number of hydrogen-bond donors (Lipinski definition) is 0. The Morgan fingerprint density at radius 1 is 1.12 bits per heavy atom. The highest BCUT2D eigenvalue weighted by molar-refractivity contribution is 6.42. The monoisotopic (exact) mass is 292 g/mol. The second kappa shape index (κ2) is 5.58. The van der Waals surface area contributed by atoms with Crippen LogP contribution in [0.25, 0.3) is 0 Å². The van der Waals surface area contributed by atoms with Crippen LogP contribution in [0.1, 0.15) is 11.8 Å². The molecule has 0 bridgehead atoms. The Hall–Kier alpha value is -0.970. The molecule has 1 aromatic heterocycles. The van der Waals surface area contributed by atoms with Gasteiger partial charge in [0.1, 0.15) is 11.6 Å². The zero-order valence-electron chi connectivity index (χ0n) is 8.49. The molecular formula is C10H7Cl3N2O2. The lowest BCUT2D eigenvalue weighted by Crippen LogP contribution is -1.95. The minimum absolute atomic E-state index is 0.155. The van der Waals surface area contributed by atoms with E-state index in [1.165, 1.54) is 0 Å². The Morgan fingerprint density at radius 2 is 1.88 bits per heavy atom. The summed E-state index contributed by atoms with van der Waals surface area (Å²) >= 11 is 17.1. The van der Waals surface area contributed by atoms with Crippen molar-refractivity contribution in [2.24, 2.45) is 0 Å². The number of benzene rings is 1. The largest absolute Gasteiger partial charge is 0.484 e. The van der Waals surface area contributed by atoms with Crippen molar-refractivity contribution in [3.8, 4) is 5.75 Å². The molecule has 0 spiro atoms. The molecule has 0 atom stereocenters. The fourth-order valence-corrected chi connectivity index (χ4v) is 1.51. The van der Waals surface area contributed by atoms with Gasteiger partial charge in [-0.3, -0.25) is 0 Å². The summed E-state index contributed by atoms with van der Waals surface area (Å²) in [5.74, 6) is 1.47. The van der Waals surface area contributed by atoms with Gasteiger partial charge >= 0.3 is 0 Å². The van der Waals surface area contributed by atoms with Crippen molar-refractivity contribution in [1.82, 2.24) is 10.2 Å². The third kappa shape index (κ3) is 3.25. The van der Waals surface area contributed by atoms with Gasteiger partial charge in [-0.05, 0) is 12.1 Å². The van der Waals surface area contributed by atoms with E-state index in [0.717, 1.165) is 0 Å². The SMILES string of the molecule is ClCc1nnc(COc2ccc(Cl)c(Cl)c2)o1. The van der Waals surface area contributed by atoms with E-state index >= 15 is 0 Å². The van der Waals surface area contributed by atoms with Crippen molar-refractivity contribution < 1.29 is 9.15 Å². The Balaban J connectivity index is 1.99. The molecule has 0 saturated heterocycles. The summed E-state index contributed by atoms with van der Waals surface area (Å²) in [5, 5.41) is 8.36. The first-order valence-corrected chi connectivity index (χ1v) is 5.93. The van der Waals surface area contributed by atoms with Gasteiger partial charge in [0.25, 0.3) is 5.89 Å². The standard InChI is InChI=1S/C10H7Cl3N2O2/c11-4-9-14-15-10(17-9)5-16-6-1-2-7(12)8(13)3-6/h1-3H,4-5H2. The third-order valence-corrected chi connectivity index (χ3v) is 2.84. The highest BCUT2D eigenvalue weighted by Crippen LogP contribution is 2.26. The smallest absolute Gasteiger partial charge is 0.253 e. The van der Waals surface area contributed by atoms with E-state index in [1.54, 1.807) is 18.2 Å². The Bertz CT molecular complexity index is 516. The summed E-state index contributed by atoms with van der Waals surface area (Å²) in [4.78, 5) is 0. The average Bonchev–Trinajstić information content (AvgIpc) is 2.79. The third-order valence-electron chi connectivity index (χ3n) is 1.88. The predicted octanol–water partition coefficient (Wildman–Crippen LogP) is 3.69. The van der Waals surface area contributed by atoms with Crippen molar-refractivity contribution in [1.29, 1.82) is 0 Å². The average molecular weight is 294 g/mol. The van der Waals surface area contributed by atoms with Gasteiger partial charge < -0.3 is 9.15 Å². The number of aromatic nitrogens is 2. The van der Waals surface area contributed by atoms with Crippen molar-refractivity contribution in [3.63, 3.8) is 0 Å². The summed E-state index contributed by atoms with van der Waals surface area (Å²) in [5.41, 5.74) is 0. The topological polar surface area (TPSA) is 48.2 Å². The predicted molar refractivity (Wildman–Crippen MR) is 64.6 cm³/mol. The number of rotatable bonds is 4. The first-order chi connectivity index (χ1) is 8.19. The van der Waals surface area contributed by atoms with E-state index in [0.29, 0.717) is 27.6 Å². The van der Waals surface area contributed by atoms with Crippen LogP contribution in [0.5, 0.6) is 5.75 Å². The number of ether oxygens (including phenoxy) is 1. The van der Waals surface area contributed by atoms with Gasteiger partial charge in [0.2, 0.25) is 5.89 Å². The van der Waals surface area contributed by atoms with Gasteiger partial charge in [-0.25, -0.2) is 0 Å². The van der Waals surface area contributed by atoms with Crippen LogP contribution in [0.4, 0.5) is 0 Å². The van der Waals surface area contributed by atoms with Crippen molar-refractivity contribution >= 4 is 34.8 Å². The summed E-state index contributed by atoms with van der Waals surface area (Å²) in [6, 6.07) is 4.97. The van der Waals surface area contributed by atoms with E-state index in [1.807, 2.05) is 0 Å². The van der Waals surface area contributed by atoms with Crippen LogP contribution < -0.4 is 4.74 Å². The number of alkyl halides is 1. The maximum absolute atomic E-state index is 5.84. The van der Waals surface area contributed by atoms with Crippen LogP contribution in [0.3, 0.4) is 0 Å². The number of nitrogens with zero attached hydrogens (tertiary/aromatic N) is 2. The minimum atomic E-state index is 0.155. The van der Waals surface area contributed by atoms with Crippen LogP contribution in [-0.2, 0) is 12.5 Å². The Morgan fingerprint density at radius 3 is 2.53 bits per heavy atom. The second-order valence-electron chi connectivity index (χ2n) is 3.09. The molecule has 0 unspecified atom stereocenters. The van der Waals surface area contributed by atoms with E-state index in [-0.39, 0.29) is 12.5 Å². The Labute approximate surface area is 112 Å². The van der Waals surface area contributed by atoms with Gasteiger partial charge in [0.05, 0.1) is 10.0 Å². The van der Waals surface area contributed by atoms with Crippen molar-refractivity contribution in [3.05, 3.63) is 40.0 Å². The van der Waals surface area contributed by atoms with Gasteiger partial charge in [-0.15, -0.1) is 21.8 Å². The quantitative estimate of drug-likeness (QED) is 0.807. The lowest BCUT2D eigenvalue weighted by atomic mass is 10.3. The first kappa shape index (κ1) is 12.5. The molecule has 1 aromatic carbocycles. The fourth-order valence-electron chi connectivity index (χ4n) is 1.11. The van der Waals surface area contributed by atoms with Crippen molar-refractivity contribution in [2.75, 3.05) is 0 Å². The molecule has 2 aromatic rings. The van der Waals surface area contributed by atoms with Crippen LogP contribution >= 0.6 is 34.8 Å². The minimum Gasteiger partial charge on any atom is -0.484 e. The lowest BCUT2D eigenvalue weighted by Gasteiger charge is -2.04. The van der Waals surface area contributed by atoms with Gasteiger partial charge in [0, 0.05) is 6.07 Å². The molecule has 0 fully saturated rings. The lowest BCUT2D eigenvalue weighted by molar-refractivity contribution is 0.260. The first-order valence-electron chi connectivity index (χ1n) is 4.64. The molecule has 0 aliphatic heterocycles. The molecule has 0 aliphatic carbocycles. The molecular weight excluding hydrogens is 286 g/mol. The second-order valence-corrected chi connectivity index (χ2v) is 4.17. The molecule has 7 heteroatoms. The van der Waals surface area contributed by atoms with Gasteiger partial charge in [-0.2, -0.15) is 0 Å². The summed E-state index contributed by atoms with van der Waals surface area (Å²) in [6.07, 6.45) is 0. The van der Waals surface area contributed by atoms with Crippen molar-refractivity contribution in [2.45, 2.75) is 12.5 Å². The molecule has 90 valence electrons. The fraction of sp³-hybridized carbons (Fsp3) is 0.200. The van der Waals surface area contributed by atoms with E-state index in [2.05, 4.69) is 10.2 Å². The maximum atomic E-state index is 5.84. The summed E-state index contributed by atoms with van der Waals surface area (Å²) in [6.45, 7) is 0.155. The zero-order valence-corrected chi connectivity index (χ0v) is 10.8. The van der Waals surface area contributed by atoms with Crippen LogP contribution in [0, 0.1) is 0 Å².